The first-order valence-corrected chi connectivity index (χ1v) is 13.1. The number of nitrogens with one attached hydrogen (secondary N) is 1. The van der Waals surface area contributed by atoms with Crippen molar-refractivity contribution in [3.05, 3.63) is 71.1 Å². The first kappa shape index (κ1) is 23.9. The van der Waals surface area contributed by atoms with Crippen molar-refractivity contribution in [3.63, 3.8) is 0 Å². The van der Waals surface area contributed by atoms with Gasteiger partial charge in [-0.1, -0.05) is 65.3 Å². The van der Waals surface area contributed by atoms with Gasteiger partial charge in [0.1, 0.15) is 5.84 Å². The van der Waals surface area contributed by atoms with Crippen molar-refractivity contribution < 1.29 is 4.79 Å². The maximum Gasteiger partial charge on any atom is 0.219 e. The summed E-state index contributed by atoms with van der Waals surface area (Å²) < 4.78 is 1.79. The van der Waals surface area contributed by atoms with E-state index in [2.05, 4.69) is 69.3 Å². The lowest BCUT2D eigenvalue weighted by atomic mass is 9.94. The predicted octanol–water partition coefficient (Wildman–Crippen LogP) is 4.28. The normalized spacial score (nSPS) is 25.1. The highest BCUT2D eigenvalue weighted by Gasteiger charge is 2.31. The minimum absolute atomic E-state index is 0.102. The molecule has 3 aliphatic heterocycles. The van der Waals surface area contributed by atoms with Crippen molar-refractivity contribution >= 4 is 39.5 Å². The summed E-state index contributed by atoms with van der Waals surface area (Å²) in [5.41, 5.74) is 5.55. The van der Waals surface area contributed by atoms with Gasteiger partial charge in [-0.3, -0.25) is 20.1 Å². The largest absolute Gasteiger partial charge is 0.340 e. The van der Waals surface area contributed by atoms with Gasteiger partial charge in [0, 0.05) is 57.3 Å². The minimum atomic E-state index is -0.207. The van der Waals surface area contributed by atoms with Crippen LogP contribution in [-0.2, 0) is 4.79 Å². The van der Waals surface area contributed by atoms with E-state index < -0.39 is 0 Å². The summed E-state index contributed by atoms with van der Waals surface area (Å²) in [6.45, 7) is 7.79. The Bertz CT molecular complexity index is 1210. The van der Waals surface area contributed by atoms with Crippen LogP contribution in [0.3, 0.4) is 0 Å². The van der Waals surface area contributed by atoms with E-state index in [1.54, 1.807) is 11.6 Å². The molecule has 3 atom stereocenters. The second-order valence-electron chi connectivity index (χ2n) is 9.52. The second kappa shape index (κ2) is 10.0. The zero-order valence-corrected chi connectivity index (χ0v) is 21.8. The maximum absolute atomic E-state index is 11.7. The zero-order chi connectivity index (χ0) is 24.5. The number of fused-ring (bicyclic) bond motifs is 1. The van der Waals surface area contributed by atoms with Crippen molar-refractivity contribution in [1.82, 2.24) is 19.6 Å². The van der Waals surface area contributed by atoms with Crippen LogP contribution in [0.1, 0.15) is 49.0 Å². The molecule has 0 aliphatic carbocycles. The number of alkyl halides is 1. The van der Waals surface area contributed by atoms with Crippen LogP contribution in [0.25, 0.3) is 5.57 Å². The number of halogens is 1. The topological polar surface area (TPSA) is 77.6 Å². The number of rotatable bonds is 4. The van der Waals surface area contributed by atoms with Crippen LogP contribution in [0.15, 0.2) is 59.2 Å². The number of nitrogens with zero attached hydrogens (tertiary/aromatic N) is 5. The van der Waals surface area contributed by atoms with E-state index in [4.69, 9.17) is 10.4 Å². The van der Waals surface area contributed by atoms with Gasteiger partial charge >= 0.3 is 0 Å². The summed E-state index contributed by atoms with van der Waals surface area (Å²) in [5, 5.41) is 13.5. The van der Waals surface area contributed by atoms with Gasteiger partial charge < -0.3 is 4.90 Å². The maximum atomic E-state index is 11.7. The molecule has 2 aromatic rings. The first-order valence-electron chi connectivity index (χ1n) is 12.2. The Morgan fingerprint density at radius 3 is 2.57 bits per heavy atom. The number of dihydropyridines is 1. The Morgan fingerprint density at radius 1 is 1.17 bits per heavy atom. The molecule has 182 valence electrons. The van der Waals surface area contributed by atoms with Gasteiger partial charge in [-0.25, -0.2) is 4.68 Å². The molecule has 7 nitrogen and oxygen atoms in total. The van der Waals surface area contributed by atoms with E-state index in [0.717, 1.165) is 56.0 Å². The lowest BCUT2D eigenvalue weighted by Crippen LogP contribution is -2.49. The highest BCUT2D eigenvalue weighted by molar-refractivity contribution is 9.10. The van der Waals surface area contributed by atoms with Crippen molar-refractivity contribution in [1.29, 1.82) is 5.41 Å². The average Bonchev–Trinajstić information content (AvgIpc) is 3.30. The molecule has 0 saturated carbocycles. The highest BCUT2D eigenvalue weighted by Crippen LogP contribution is 2.35. The Labute approximate surface area is 214 Å². The van der Waals surface area contributed by atoms with E-state index in [9.17, 15) is 4.79 Å². The molecule has 1 N–H and O–H groups in total. The third-order valence-electron chi connectivity index (χ3n) is 7.17. The summed E-state index contributed by atoms with van der Waals surface area (Å²) in [5.74, 6) is 0.672. The van der Waals surface area contributed by atoms with E-state index in [0.29, 0.717) is 5.84 Å². The number of amides is 1. The summed E-state index contributed by atoms with van der Waals surface area (Å²) in [7, 11) is 0. The number of aromatic nitrogens is 2. The molecule has 1 saturated heterocycles. The summed E-state index contributed by atoms with van der Waals surface area (Å²) in [4.78, 5) is 20.6. The molecule has 3 aliphatic rings. The van der Waals surface area contributed by atoms with E-state index in [1.165, 1.54) is 11.1 Å². The van der Waals surface area contributed by atoms with Crippen molar-refractivity contribution in [2.75, 3.05) is 32.7 Å². The van der Waals surface area contributed by atoms with Crippen LogP contribution in [0.5, 0.6) is 0 Å². The number of benzene rings is 1. The van der Waals surface area contributed by atoms with Crippen LogP contribution in [0, 0.1) is 5.41 Å². The van der Waals surface area contributed by atoms with Gasteiger partial charge in [-0.15, -0.1) is 0 Å². The number of carbonyl (C=O) groups is 1. The highest BCUT2D eigenvalue weighted by atomic mass is 79.9. The van der Waals surface area contributed by atoms with Gasteiger partial charge in [0.05, 0.1) is 22.8 Å². The number of hydrogen-bond acceptors (Lipinski definition) is 5. The first-order chi connectivity index (χ1) is 16.9. The molecule has 1 fully saturated rings. The van der Waals surface area contributed by atoms with Crippen LogP contribution >= 0.6 is 15.9 Å². The lowest BCUT2D eigenvalue weighted by molar-refractivity contribution is -0.130. The van der Waals surface area contributed by atoms with Gasteiger partial charge in [0.2, 0.25) is 5.91 Å². The van der Waals surface area contributed by atoms with Crippen LogP contribution in [0.2, 0.25) is 0 Å². The molecule has 8 heteroatoms. The fraction of sp³-hybridized carbons (Fsp3) is 0.407. The minimum Gasteiger partial charge on any atom is -0.340 e. The average molecular weight is 535 g/mol. The van der Waals surface area contributed by atoms with Gasteiger partial charge in [0.15, 0.2) is 0 Å². The molecule has 0 bridgehead atoms. The molecule has 4 heterocycles. The molecule has 5 rings (SSSR count). The van der Waals surface area contributed by atoms with Crippen LogP contribution < -0.4 is 0 Å². The van der Waals surface area contributed by atoms with Crippen LogP contribution in [-0.4, -0.2) is 75.1 Å². The number of allylic oxidation sites excluding steroid dienone is 2. The molecular formula is C27H31BrN6O. The smallest absolute Gasteiger partial charge is 0.219 e. The van der Waals surface area contributed by atoms with Gasteiger partial charge in [-0.05, 0) is 23.1 Å². The van der Waals surface area contributed by atoms with Crippen molar-refractivity contribution in [2.24, 2.45) is 4.99 Å². The number of hydrogen-bond donors (Lipinski definition) is 1. The third-order valence-corrected chi connectivity index (χ3v) is 8.19. The van der Waals surface area contributed by atoms with Gasteiger partial charge in [-0.2, -0.15) is 5.10 Å². The lowest BCUT2D eigenvalue weighted by Gasteiger charge is -2.35. The fourth-order valence-corrected chi connectivity index (χ4v) is 5.68. The summed E-state index contributed by atoms with van der Waals surface area (Å²) in [6, 6.07) is 10.5. The molecule has 0 spiro atoms. The SMILES string of the molecule is CC(=O)N1CCN(CC2=CC(C)c3c(C4=CCC(c5ccccc5)N=C4)cnn3C(=N)C2Br)CC1. The molecule has 1 aromatic heterocycles. The van der Waals surface area contributed by atoms with E-state index in [1.807, 2.05) is 23.4 Å². The number of aliphatic imine (C=N–C) groups is 1. The molecule has 1 amide bonds. The molecule has 3 unspecified atom stereocenters. The third kappa shape index (κ3) is 4.82. The Hall–Kier alpha value is -2.84. The Kier molecular flexibility index (Phi) is 6.84. The quantitative estimate of drug-likeness (QED) is 0.469. The predicted molar refractivity (Wildman–Crippen MR) is 144 cm³/mol. The zero-order valence-electron chi connectivity index (χ0n) is 20.2. The second-order valence-corrected chi connectivity index (χ2v) is 10.4. The Morgan fingerprint density at radius 2 is 1.91 bits per heavy atom. The van der Waals surface area contributed by atoms with Crippen LogP contribution in [0.4, 0.5) is 0 Å². The molecular weight excluding hydrogens is 504 g/mol. The number of piperazine rings is 1. The fourth-order valence-electron chi connectivity index (χ4n) is 5.19. The standard InChI is InChI=1S/C27H31BrN6O/c1-18-14-22(17-32-10-12-33(13-11-32)19(2)35)25(28)27(29)34-26(18)23(16-31-34)21-8-9-24(30-15-21)20-6-4-3-5-7-20/h3-8,14-16,18,24-25,29H,9-13,17H2,1-2H3. The molecule has 1 aromatic carbocycles. The van der Waals surface area contributed by atoms with Crippen molar-refractivity contribution in [3.8, 4) is 0 Å². The summed E-state index contributed by atoms with van der Waals surface area (Å²) >= 11 is 3.78. The van der Waals surface area contributed by atoms with E-state index >= 15 is 0 Å². The van der Waals surface area contributed by atoms with Gasteiger partial charge in [0.25, 0.3) is 0 Å². The Balaban J connectivity index is 1.35. The van der Waals surface area contributed by atoms with Crippen molar-refractivity contribution in [2.45, 2.75) is 37.1 Å². The monoisotopic (exact) mass is 534 g/mol. The molecule has 0 radical (unpaired) electrons. The summed E-state index contributed by atoms with van der Waals surface area (Å²) in [6.07, 6.45) is 9.21. The van der Waals surface area contributed by atoms with E-state index in [-0.39, 0.29) is 22.7 Å². The number of carbonyl (C=O) groups excluding carboxylic acids is 1. The molecule has 35 heavy (non-hydrogen) atoms.